The Kier molecular flexibility index (Phi) is 4.90. The molecule has 1 heterocycles. The minimum atomic E-state index is 0.222. The zero-order chi connectivity index (χ0) is 8.85. The molecule has 11 heavy (non-hydrogen) atoms. The van der Waals surface area contributed by atoms with Gasteiger partial charge in [-0.1, -0.05) is 11.6 Å². The second-order valence-corrected chi connectivity index (χ2v) is 2.39. The van der Waals surface area contributed by atoms with Crippen LogP contribution in [0.5, 0.6) is 0 Å². The largest absolute Gasteiger partial charge is 0.285 e. The van der Waals surface area contributed by atoms with Gasteiger partial charge >= 0.3 is 0 Å². The summed E-state index contributed by atoms with van der Waals surface area (Å²) in [5, 5.41) is 4.68. The summed E-state index contributed by atoms with van der Waals surface area (Å²) in [6.45, 7) is 1.91. The SMILES string of the molecule is Cc1cc(Cl)n(C)n1.O=CCl. The van der Waals surface area contributed by atoms with Crippen molar-refractivity contribution in [1.82, 2.24) is 9.78 Å². The van der Waals surface area contributed by atoms with E-state index in [0.29, 0.717) is 5.15 Å². The summed E-state index contributed by atoms with van der Waals surface area (Å²) in [4.78, 5) is 8.57. The van der Waals surface area contributed by atoms with Gasteiger partial charge in [-0.2, -0.15) is 5.10 Å². The van der Waals surface area contributed by atoms with Gasteiger partial charge in [0.2, 0.25) is 5.75 Å². The Bertz CT molecular complexity index is 215. The lowest BCUT2D eigenvalue weighted by atomic mass is 10.5. The molecule has 0 saturated carbocycles. The molecule has 0 aliphatic carbocycles. The molecule has 62 valence electrons. The molecular weight excluding hydrogens is 187 g/mol. The van der Waals surface area contributed by atoms with Crippen LogP contribution < -0.4 is 0 Å². The van der Waals surface area contributed by atoms with Crippen LogP contribution in [0.1, 0.15) is 5.69 Å². The number of carbonyl (C=O) groups excluding carboxylic acids is 1. The quantitative estimate of drug-likeness (QED) is 0.467. The van der Waals surface area contributed by atoms with Crippen LogP contribution in [0.25, 0.3) is 0 Å². The van der Waals surface area contributed by atoms with Gasteiger partial charge in [0, 0.05) is 7.05 Å². The first-order valence-corrected chi connectivity index (χ1v) is 3.63. The lowest BCUT2D eigenvalue weighted by Gasteiger charge is -1.85. The molecule has 0 radical (unpaired) electrons. The smallest absolute Gasteiger partial charge is 0.208 e. The summed E-state index contributed by atoms with van der Waals surface area (Å²) in [7, 11) is 1.81. The van der Waals surface area contributed by atoms with E-state index in [-0.39, 0.29) is 5.75 Å². The number of aromatic nitrogens is 2. The summed E-state index contributed by atoms with van der Waals surface area (Å²) < 4.78 is 1.64. The number of halogens is 2. The van der Waals surface area contributed by atoms with Gasteiger partial charge in [0.25, 0.3) is 0 Å². The lowest BCUT2D eigenvalue weighted by Crippen LogP contribution is -1.88. The second kappa shape index (κ2) is 5.16. The molecule has 0 aromatic carbocycles. The highest BCUT2D eigenvalue weighted by molar-refractivity contribution is 6.54. The molecule has 3 nitrogen and oxygen atoms in total. The van der Waals surface area contributed by atoms with Crippen molar-refractivity contribution in [2.75, 3.05) is 0 Å². The van der Waals surface area contributed by atoms with E-state index in [1.54, 1.807) is 4.68 Å². The Morgan fingerprint density at radius 1 is 1.73 bits per heavy atom. The van der Waals surface area contributed by atoms with Crippen LogP contribution in [0.4, 0.5) is 0 Å². The second-order valence-electron chi connectivity index (χ2n) is 1.82. The Morgan fingerprint density at radius 3 is 2.27 bits per heavy atom. The maximum atomic E-state index is 8.57. The third-order valence-electron chi connectivity index (χ3n) is 0.945. The van der Waals surface area contributed by atoms with Gasteiger partial charge in [0.05, 0.1) is 5.69 Å². The molecule has 5 heteroatoms. The van der Waals surface area contributed by atoms with Crippen LogP contribution in [0, 0.1) is 6.92 Å². The Balaban J connectivity index is 0.000000292. The van der Waals surface area contributed by atoms with Crippen molar-refractivity contribution in [2.45, 2.75) is 6.92 Å². The Labute approximate surface area is 74.9 Å². The van der Waals surface area contributed by atoms with Crippen molar-refractivity contribution in [3.63, 3.8) is 0 Å². The molecule has 1 rings (SSSR count). The normalized spacial score (nSPS) is 8.36. The maximum Gasteiger partial charge on any atom is 0.208 e. The highest BCUT2D eigenvalue weighted by Gasteiger charge is 1.94. The van der Waals surface area contributed by atoms with E-state index in [1.165, 1.54) is 0 Å². The monoisotopic (exact) mass is 194 g/mol. The van der Waals surface area contributed by atoms with E-state index in [1.807, 2.05) is 20.0 Å². The summed E-state index contributed by atoms with van der Waals surface area (Å²) in [6.07, 6.45) is 0. The molecule has 0 fully saturated rings. The Morgan fingerprint density at radius 2 is 2.18 bits per heavy atom. The van der Waals surface area contributed by atoms with Gasteiger partial charge in [-0.05, 0) is 24.6 Å². The van der Waals surface area contributed by atoms with E-state index in [0.717, 1.165) is 5.69 Å². The first-order valence-electron chi connectivity index (χ1n) is 2.81. The molecule has 0 bridgehead atoms. The summed E-state index contributed by atoms with van der Waals surface area (Å²) in [5.41, 5.74) is 0.956. The zero-order valence-corrected chi connectivity index (χ0v) is 7.73. The van der Waals surface area contributed by atoms with Gasteiger partial charge in [-0.3, -0.25) is 9.48 Å². The lowest BCUT2D eigenvalue weighted by molar-refractivity contribution is 0.569. The standard InChI is InChI=1S/C5H7ClN2.CHClO/c1-4-3-5(6)8(2)7-4;2-1-3/h3H,1-2H3;1H. The van der Waals surface area contributed by atoms with E-state index in [9.17, 15) is 0 Å². The van der Waals surface area contributed by atoms with Crippen LogP contribution in [0.3, 0.4) is 0 Å². The van der Waals surface area contributed by atoms with Crippen molar-refractivity contribution < 1.29 is 4.79 Å². The fourth-order valence-corrected chi connectivity index (χ4v) is 0.775. The number of rotatable bonds is 0. The zero-order valence-electron chi connectivity index (χ0n) is 6.21. The number of hydrogen-bond donors (Lipinski definition) is 0. The fourth-order valence-electron chi connectivity index (χ4n) is 0.579. The molecule has 0 saturated heterocycles. The molecule has 0 atom stereocenters. The van der Waals surface area contributed by atoms with Crippen molar-refractivity contribution in [3.05, 3.63) is 16.9 Å². The molecule has 1 aromatic heterocycles. The highest BCUT2D eigenvalue weighted by Crippen LogP contribution is 2.06. The van der Waals surface area contributed by atoms with Crippen molar-refractivity contribution in [2.24, 2.45) is 7.05 Å². The minimum absolute atomic E-state index is 0.222. The van der Waals surface area contributed by atoms with Crippen LogP contribution in [0.15, 0.2) is 6.07 Å². The van der Waals surface area contributed by atoms with Crippen molar-refractivity contribution >= 4 is 28.9 Å². The number of hydrogen-bond acceptors (Lipinski definition) is 2. The molecule has 1 aromatic rings. The molecule has 0 N–H and O–H groups in total. The van der Waals surface area contributed by atoms with Gasteiger partial charge in [-0.15, -0.1) is 0 Å². The average Bonchev–Trinajstić information content (AvgIpc) is 2.12. The highest BCUT2D eigenvalue weighted by atomic mass is 35.5. The van der Waals surface area contributed by atoms with Crippen LogP contribution in [-0.2, 0) is 11.8 Å². The molecule has 0 amide bonds. The predicted molar refractivity (Wildman–Crippen MR) is 45.6 cm³/mol. The first kappa shape index (κ1) is 10.5. The van der Waals surface area contributed by atoms with Crippen LogP contribution in [0.2, 0.25) is 5.15 Å². The van der Waals surface area contributed by atoms with Gasteiger partial charge in [0.15, 0.2) is 0 Å². The van der Waals surface area contributed by atoms with Crippen molar-refractivity contribution in [1.29, 1.82) is 0 Å². The topological polar surface area (TPSA) is 34.9 Å². The van der Waals surface area contributed by atoms with E-state index >= 15 is 0 Å². The molecule has 0 unspecified atom stereocenters. The van der Waals surface area contributed by atoms with Gasteiger partial charge < -0.3 is 0 Å². The maximum absolute atomic E-state index is 8.57. The molecule has 0 aliphatic heterocycles. The number of carbonyl (C=O) groups is 1. The molecule has 0 spiro atoms. The number of nitrogens with zero attached hydrogens (tertiary/aromatic N) is 2. The minimum Gasteiger partial charge on any atom is -0.285 e. The fraction of sp³-hybridized carbons (Fsp3) is 0.333. The molecular formula is C6H8Cl2N2O. The summed E-state index contributed by atoms with van der Waals surface area (Å²) in [5.74, 6) is 0.222. The van der Waals surface area contributed by atoms with E-state index in [2.05, 4.69) is 16.7 Å². The Hall–Kier alpha value is -0.540. The molecule has 0 aliphatic rings. The van der Waals surface area contributed by atoms with Gasteiger partial charge in [-0.25, -0.2) is 0 Å². The van der Waals surface area contributed by atoms with E-state index < -0.39 is 0 Å². The predicted octanol–water partition coefficient (Wildman–Crippen LogP) is 1.80. The summed E-state index contributed by atoms with van der Waals surface area (Å²) in [6, 6.07) is 1.82. The summed E-state index contributed by atoms with van der Waals surface area (Å²) >= 11 is 9.95. The average molecular weight is 195 g/mol. The van der Waals surface area contributed by atoms with Crippen LogP contribution >= 0.6 is 23.2 Å². The third-order valence-corrected chi connectivity index (χ3v) is 1.30. The van der Waals surface area contributed by atoms with E-state index in [4.69, 9.17) is 16.4 Å². The van der Waals surface area contributed by atoms with Crippen molar-refractivity contribution in [3.8, 4) is 0 Å². The third kappa shape index (κ3) is 4.01. The van der Waals surface area contributed by atoms with Gasteiger partial charge in [0.1, 0.15) is 5.15 Å². The van der Waals surface area contributed by atoms with Crippen LogP contribution in [-0.4, -0.2) is 15.5 Å². The number of aryl methyl sites for hydroxylation is 2. The first-order chi connectivity index (χ1) is 5.11.